The van der Waals surface area contributed by atoms with Crippen molar-refractivity contribution < 1.29 is 0 Å². The van der Waals surface area contributed by atoms with Gasteiger partial charge in [-0.25, -0.2) is 0 Å². The van der Waals surface area contributed by atoms with Crippen LogP contribution in [0.1, 0.15) is 58.4 Å². The molecule has 1 N–H and O–H groups in total. The van der Waals surface area contributed by atoms with E-state index in [1.807, 2.05) is 0 Å². The van der Waals surface area contributed by atoms with Crippen molar-refractivity contribution in [1.29, 1.82) is 0 Å². The second-order valence-electron chi connectivity index (χ2n) is 6.39. The average molecular weight is 259 g/mol. The van der Waals surface area contributed by atoms with Crippen LogP contribution in [0, 0.1) is 11.8 Å². The summed E-state index contributed by atoms with van der Waals surface area (Å²) in [6.45, 7) is 6.98. The minimum atomic E-state index is 0.672. The van der Waals surface area contributed by atoms with E-state index in [1.165, 1.54) is 49.8 Å². The van der Waals surface area contributed by atoms with Gasteiger partial charge in [0.15, 0.2) is 0 Å². The second kappa shape index (κ2) is 6.98. The lowest BCUT2D eigenvalue weighted by atomic mass is 9.78. The molecule has 0 aromatic heterocycles. The smallest absolute Gasteiger partial charge is 0.0342 e. The summed E-state index contributed by atoms with van der Waals surface area (Å²) >= 11 is 0. The minimum absolute atomic E-state index is 0.672. The Labute approximate surface area is 118 Å². The molecule has 0 amide bonds. The van der Waals surface area contributed by atoms with Crippen LogP contribution in [-0.2, 0) is 6.42 Å². The summed E-state index contributed by atoms with van der Waals surface area (Å²) in [7, 11) is 0. The average Bonchev–Trinajstić information content (AvgIpc) is 2.42. The van der Waals surface area contributed by atoms with Crippen LogP contribution in [0.4, 0.5) is 5.69 Å². The van der Waals surface area contributed by atoms with Gasteiger partial charge in [0.05, 0.1) is 0 Å². The van der Waals surface area contributed by atoms with Gasteiger partial charge in [0.25, 0.3) is 0 Å². The maximum atomic E-state index is 3.78. The van der Waals surface area contributed by atoms with Gasteiger partial charge in [0, 0.05) is 11.7 Å². The standard InChI is InChI=1S/C18H29N/c1-4-7-15-10-12-16(13-11-15)19-18-9-6-5-8-17(18)14(2)3/h10-14,17-19H,4-9H2,1-3H3. The normalized spacial score (nSPS) is 23.6. The van der Waals surface area contributed by atoms with E-state index in [9.17, 15) is 0 Å². The van der Waals surface area contributed by atoms with E-state index in [4.69, 9.17) is 0 Å². The molecule has 2 rings (SSSR count). The summed E-state index contributed by atoms with van der Waals surface area (Å²) in [5.41, 5.74) is 2.76. The first kappa shape index (κ1) is 14.4. The molecule has 1 aliphatic rings. The van der Waals surface area contributed by atoms with E-state index in [2.05, 4.69) is 50.4 Å². The molecule has 0 bridgehead atoms. The van der Waals surface area contributed by atoms with E-state index < -0.39 is 0 Å². The molecule has 0 radical (unpaired) electrons. The van der Waals surface area contributed by atoms with Gasteiger partial charge in [-0.3, -0.25) is 0 Å². The van der Waals surface area contributed by atoms with Gasteiger partial charge in [-0.15, -0.1) is 0 Å². The van der Waals surface area contributed by atoms with Crippen molar-refractivity contribution in [2.24, 2.45) is 11.8 Å². The first-order chi connectivity index (χ1) is 9.20. The SMILES string of the molecule is CCCc1ccc(NC2CCCCC2C(C)C)cc1. The highest BCUT2D eigenvalue weighted by atomic mass is 14.9. The summed E-state index contributed by atoms with van der Waals surface area (Å²) in [6.07, 6.45) is 7.94. The maximum absolute atomic E-state index is 3.78. The molecule has 0 spiro atoms. The fourth-order valence-electron chi connectivity index (χ4n) is 3.41. The number of hydrogen-bond donors (Lipinski definition) is 1. The fourth-order valence-corrected chi connectivity index (χ4v) is 3.41. The summed E-state index contributed by atoms with van der Waals surface area (Å²) in [5.74, 6) is 1.63. The van der Waals surface area contributed by atoms with Crippen LogP contribution in [0.2, 0.25) is 0 Å². The Morgan fingerprint density at radius 3 is 2.42 bits per heavy atom. The molecule has 2 unspecified atom stereocenters. The van der Waals surface area contributed by atoms with Crippen molar-refractivity contribution in [2.75, 3.05) is 5.32 Å². The Morgan fingerprint density at radius 1 is 1.11 bits per heavy atom. The third-order valence-corrected chi connectivity index (χ3v) is 4.52. The molecule has 1 heteroatoms. The zero-order chi connectivity index (χ0) is 13.7. The van der Waals surface area contributed by atoms with E-state index in [1.54, 1.807) is 0 Å². The van der Waals surface area contributed by atoms with Crippen LogP contribution in [0.5, 0.6) is 0 Å². The topological polar surface area (TPSA) is 12.0 Å². The zero-order valence-electron chi connectivity index (χ0n) is 12.8. The molecule has 1 aromatic rings. The quantitative estimate of drug-likeness (QED) is 0.760. The molecule has 1 aromatic carbocycles. The van der Waals surface area contributed by atoms with Crippen LogP contribution in [0.15, 0.2) is 24.3 Å². The van der Waals surface area contributed by atoms with Crippen LogP contribution in [0.25, 0.3) is 0 Å². The minimum Gasteiger partial charge on any atom is -0.382 e. The van der Waals surface area contributed by atoms with Crippen molar-refractivity contribution in [3.8, 4) is 0 Å². The highest BCUT2D eigenvalue weighted by Gasteiger charge is 2.27. The van der Waals surface area contributed by atoms with Gasteiger partial charge in [-0.05, 0) is 48.8 Å². The fraction of sp³-hybridized carbons (Fsp3) is 0.667. The lowest BCUT2D eigenvalue weighted by Gasteiger charge is -2.35. The van der Waals surface area contributed by atoms with Crippen molar-refractivity contribution in [3.05, 3.63) is 29.8 Å². The molecule has 0 saturated heterocycles. The van der Waals surface area contributed by atoms with Gasteiger partial charge in [0.2, 0.25) is 0 Å². The highest BCUT2D eigenvalue weighted by Crippen LogP contribution is 2.32. The molecule has 2 atom stereocenters. The summed E-state index contributed by atoms with van der Waals surface area (Å²) in [5, 5.41) is 3.78. The first-order valence-corrected chi connectivity index (χ1v) is 8.06. The molecule has 0 aliphatic heterocycles. The van der Waals surface area contributed by atoms with Gasteiger partial charge < -0.3 is 5.32 Å². The van der Waals surface area contributed by atoms with Crippen molar-refractivity contribution in [3.63, 3.8) is 0 Å². The van der Waals surface area contributed by atoms with Crippen LogP contribution in [-0.4, -0.2) is 6.04 Å². The predicted octanol–water partition coefficient (Wildman–Crippen LogP) is 5.27. The Kier molecular flexibility index (Phi) is 5.30. The molecule has 1 nitrogen and oxygen atoms in total. The largest absolute Gasteiger partial charge is 0.382 e. The predicted molar refractivity (Wildman–Crippen MR) is 84.6 cm³/mol. The number of anilines is 1. The molecule has 1 saturated carbocycles. The molecule has 1 aliphatic carbocycles. The van der Waals surface area contributed by atoms with Crippen LogP contribution in [0.3, 0.4) is 0 Å². The summed E-state index contributed by atoms with van der Waals surface area (Å²) in [6, 6.07) is 9.75. The lowest BCUT2D eigenvalue weighted by Crippen LogP contribution is -2.35. The summed E-state index contributed by atoms with van der Waals surface area (Å²) in [4.78, 5) is 0. The van der Waals surface area contributed by atoms with E-state index >= 15 is 0 Å². The summed E-state index contributed by atoms with van der Waals surface area (Å²) < 4.78 is 0. The molecular formula is C18H29N. The third kappa shape index (κ3) is 3.99. The zero-order valence-corrected chi connectivity index (χ0v) is 12.8. The Balaban J connectivity index is 1.98. The Bertz CT molecular complexity index is 366. The van der Waals surface area contributed by atoms with Gasteiger partial charge in [-0.2, -0.15) is 0 Å². The molecule has 19 heavy (non-hydrogen) atoms. The monoisotopic (exact) mass is 259 g/mol. The maximum Gasteiger partial charge on any atom is 0.0342 e. The van der Waals surface area contributed by atoms with Crippen molar-refractivity contribution >= 4 is 5.69 Å². The van der Waals surface area contributed by atoms with Gasteiger partial charge >= 0.3 is 0 Å². The Morgan fingerprint density at radius 2 is 1.79 bits per heavy atom. The number of nitrogens with one attached hydrogen (secondary N) is 1. The first-order valence-electron chi connectivity index (χ1n) is 8.06. The van der Waals surface area contributed by atoms with Crippen LogP contribution >= 0.6 is 0 Å². The van der Waals surface area contributed by atoms with Gasteiger partial charge in [0.1, 0.15) is 0 Å². The molecule has 106 valence electrons. The van der Waals surface area contributed by atoms with E-state index in [0.717, 1.165) is 11.8 Å². The van der Waals surface area contributed by atoms with Gasteiger partial charge in [-0.1, -0.05) is 52.2 Å². The van der Waals surface area contributed by atoms with Crippen molar-refractivity contribution in [1.82, 2.24) is 0 Å². The molecular weight excluding hydrogens is 230 g/mol. The van der Waals surface area contributed by atoms with E-state index in [0.29, 0.717) is 6.04 Å². The van der Waals surface area contributed by atoms with Crippen LogP contribution < -0.4 is 5.32 Å². The van der Waals surface area contributed by atoms with E-state index in [-0.39, 0.29) is 0 Å². The number of rotatable bonds is 5. The Hall–Kier alpha value is -0.980. The second-order valence-corrected chi connectivity index (χ2v) is 6.39. The molecule has 1 fully saturated rings. The molecule has 0 heterocycles. The third-order valence-electron chi connectivity index (χ3n) is 4.52. The number of aryl methyl sites for hydroxylation is 1. The van der Waals surface area contributed by atoms with Crippen molar-refractivity contribution in [2.45, 2.75) is 65.3 Å². The number of hydrogen-bond acceptors (Lipinski definition) is 1. The highest BCUT2D eigenvalue weighted by molar-refractivity contribution is 5.45. The lowest BCUT2D eigenvalue weighted by molar-refractivity contribution is 0.254. The number of benzene rings is 1.